The van der Waals surface area contributed by atoms with Gasteiger partial charge in [-0.2, -0.15) is 0 Å². The van der Waals surface area contributed by atoms with E-state index in [4.69, 9.17) is 14.2 Å². The summed E-state index contributed by atoms with van der Waals surface area (Å²) in [5, 5.41) is 0.863. The van der Waals surface area contributed by atoms with E-state index in [9.17, 15) is 4.79 Å². The topological polar surface area (TPSA) is 60.6 Å². The predicted molar refractivity (Wildman–Crippen MR) is 71.6 cm³/mol. The number of ether oxygens (including phenoxy) is 3. The molecular formula is C14H17NO4. The molecule has 0 fully saturated rings. The van der Waals surface area contributed by atoms with Gasteiger partial charge in [0, 0.05) is 18.0 Å². The van der Waals surface area contributed by atoms with E-state index in [1.165, 1.54) is 0 Å². The number of carbonyl (C=O) groups excluding carboxylic acids is 1. The first kappa shape index (κ1) is 13.4. The van der Waals surface area contributed by atoms with Gasteiger partial charge in [0.2, 0.25) is 0 Å². The molecule has 2 rings (SSSR count). The maximum absolute atomic E-state index is 11.9. The highest BCUT2D eigenvalue weighted by Gasteiger charge is 2.19. The van der Waals surface area contributed by atoms with Gasteiger partial charge in [-0.15, -0.1) is 0 Å². The molecule has 1 aromatic carbocycles. The summed E-state index contributed by atoms with van der Waals surface area (Å²) < 4.78 is 15.6. The van der Waals surface area contributed by atoms with Gasteiger partial charge >= 0.3 is 5.97 Å². The van der Waals surface area contributed by atoms with Crippen LogP contribution in [0.1, 0.15) is 17.4 Å². The van der Waals surface area contributed by atoms with E-state index in [-0.39, 0.29) is 0 Å². The number of esters is 1. The summed E-state index contributed by atoms with van der Waals surface area (Å²) in [7, 11) is 1.60. The molecule has 0 saturated carbocycles. The van der Waals surface area contributed by atoms with Crippen LogP contribution in [0.5, 0.6) is 5.75 Å². The lowest BCUT2D eigenvalue weighted by atomic mass is 10.2. The van der Waals surface area contributed by atoms with Crippen LogP contribution in [0.4, 0.5) is 0 Å². The molecule has 0 aliphatic heterocycles. The van der Waals surface area contributed by atoms with Crippen molar-refractivity contribution < 1.29 is 19.0 Å². The van der Waals surface area contributed by atoms with Gasteiger partial charge in [-0.05, 0) is 19.1 Å². The fourth-order valence-corrected chi connectivity index (χ4v) is 1.84. The van der Waals surface area contributed by atoms with E-state index in [1.807, 2.05) is 24.3 Å². The first-order chi connectivity index (χ1) is 9.27. The van der Waals surface area contributed by atoms with E-state index >= 15 is 0 Å². The van der Waals surface area contributed by atoms with Crippen molar-refractivity contribution in [2.75, 3.05) is 26.9 Å². The highest BCUT2D eigenvalue weighted by atomic mass is 16.5. The molecule has 0 saturated heterocycles. The van der Waals surface area contributed by atoms with Crippen LogP contribution >= 0.6 is 0 Å². The Hall–Kier alpha value is -2.01. The number of aromatic amines is 1. The lowest BCUT2D eigenvalue weighted by Crippen LogP contribution is -2.10. The Morgan fingerprint density at radius 3 is 2.79 bits per heavy atom. The molecule has 0 aliphatic carbocycles. The van der Waals surface area contributed by atoms with E-state index in [0.29, 0.717) is 31.3 Å². The van der Waals surface area contributed by atoms with Crippen molar-refractivity contribution in [3.8, 4) is 5.75 Å². The zero-order chi connectivity index (χ0) is 13.7. The number of methoxy groups -OCH3 is 1. The fraction of sp³-hybridized carbons (Fsp3) is 0.357. The van der Waals surface area contributed by atoms with Crippen LogP contribution in [0, 0.1) is 0 Å². The quantitative estimate of drug-likeness (QED) is 0.642. The minimum Gasteiger partial charge on any atom is -0.488 e. The Morgan fingerprint density at radius 1 is 1.26 bits per heavy atom. The molecule has 5 nitrogen and oxygen atoms in total. The Balaban J connectivity index is 2.37. The standard InChI is InChI=1S/C14H17NO4/c1-3-18-14(16)12-13(19-9-8-17-2)10-6-4-5-7-11(10)15-12/h4-7,15H,3,8-9H2,1-2H3. The third kappa shape index (κ3) is 2.88. The molecular weight excluding hydrogens is 246 g/mol. The van der Waals surface area contributed by atoms with Gasteiger partial charge in [0.1, 0.15) is 6.61 Å². The minimum absolute atomic E-state index is 0.325. The van der Waals surface area contributed by atoms with Crippen LogP contribution in [-0.2, 0) is 9.47 Å². The molecule has 0 amide bonds. The number of fused-ring (bicyclic) bond motifs is 1. The number of rotatable bonds is 6. The summed E-state index contributed by atoms with van der Waals surface area (Å²) in [6, 6.07) is 7.58. The van der Waals surface area contributed by atoms with Crippen LogP contribution < -0.4 is 4.74 Å². The molecule has 0 unspecified atom stereocenters. The summed E-state index contributed by atoms with van der Waals surface area (Å²) in [5.74, 6) is 0.109. The molecule has 102 valence electrons. The predicted octanol–water partition coefficient (Wildman–Crippen LogP) is 2.37. The minimum atomic E-state index is -0.411. The molecule has 0 spiro atoms. The average Bonchev–Trinajstić information content (AvgIpc) is 2.79. The summed E-state index contributed by atoms with van der Waals surface area (Å²) in [6.07, 6.45) is 0. The van der Waals surface area contributed by atoms with Crippen molar-refractivity contribution >= 4 is 16.9 Å². The molecule has 0 atom stereocenters. The van der Waals surface area contributed by atoms with E-state index in [0.717, 1.165) is 10.9 Å². The van der Waals surface area contributed by atoms with Crippen molar-refractivity contribution in [2.24, 2.45) is 0 Å². The second kappa shape index (κ2) is 6.24. The van der Waals surface area contributed by atoms with E-state index < -0.39 is 5.97 Å². The van der Waals surface area contributed by atoms with Crippen molar-refractivity contribution in [3.05, 3.63) is 30.0 Å². The molecule has 1 aromatic heterocycles. The van der Waals surface area contributed by atoms with Crippen molar-refractivity contribution in [1.82, 2.24) is 4.98 Å². The lowest BCUT2D eigenvalue weighted by Gasteiger charge is -2.07. The third-order valence-electron chi connectivity index (χ3n) is 2.67. The Morgan fingerprint density at radius 2 is 2.05 bits per heavy atom. The number of nitrogens with one attached hydrogen (secondary N) is 1. The van der Waals surface area contributed by atoms with Gasteiger partial charge in [0.25, 0.3) is 0 Å². The molecule has 1 N–H and O–H groups in total. The second-order valence-electron chi connectivity index (χ2n) is 3.94. The van der Waals surface area contributed by atoms with Crippen LogP contribution in [0.25, 0.3) is 10.9 Å². The number of carbonyl (C=O) groups is 1. The maximum Gasteiger partial charge on any atom is 0.358 e. The monoisotopic (exact) mass is 263 g/mol. The molecule has 0 aliphatic rings. The van der Waals surface area contributed by atoms with Crippen LogP contribution in [0.3, 0.4) is 0 Å². The van der Waals surface area contributed by atoms with Crippen molar-refractivity contribution in [2.45, 2.75) is 6.92 Å². The molecule has 0 radical (unpaired) electrons. The molecule has 5 heteroatoms. The average molecular weight is 263 g/mol. The Bertz CT molecular complexity index is 562. The van der Waals surface area contributed by atoms with Gasteiger partial charge < -0.3 is 19.2 Å². The lowest BCUT2D eigenvalue weighted by molar-refractivity contribution is 0.0514. The number of para-hydroxylation sites is 1. The Kier molecular flexibility index (Phi) is 4.41. The summed E-state index contributed by atoms with van der Waals surface area (Å²) in [4.78, 5) is 14.9. The van der Waals surface area contributed by atoms with Crippen molar-refractivity contribution in [3.63, 3.8) is 0 Å². The maximum atomic E-state index is 11.9. The third-order valence-corrected chi connectivity index (χ3v) is 2.67. The number of hydrogen-bond acceptors (Lipinski definition) is 4. The van der Waals surface area contributed by atoms with Gasteiger partial charge in [-0.1, -0.05) is 12.1 Å². The van der Waals surface area contributed by atoms with Crippen LogP contribution in [-0.4, -0.2) is 37.9 Å². The van der Waals surface area contributed by atoms with Gasteiger partial charge in [0.15, 0.2) is 11.4 Å². The van der Waals surface area contributed by atoms with E-state index in [1.54, 1.807) is 14.0 Å². The number of H-pyrrole nitrogens is 1. The summed E-state index contributed by atoms with van der Waals surface area (Å²) in [5.41, 5.74) is 1.19. The van der Waals surface area contributed by atoms with Crippen LogP contribution in [0.15, 0.2) is 24.3 Å². The zero-order valence-corrected chi connectivity index (χ0v) is 11.1. The van der Waals surface area contributed by atoms with E-state index in [2.05, 4.69) is 4.98 Å². The summed E-state index contributed by atoms with van der Waals surface area (Å²) >= 11 is 0. The van der Waals surface area contributed by atoms with Gasteiger partial charge in [0.05, 0.1) is 13.2 Å². The smallest absolute Gasteiger partial charge is 0.358 e. The molecule has 19 heavy (non-hydrogen) atoms. The fourth-order valence-electron chi connectivity index (χ4n) is 1.84. The SMILES string of the molecule is CCOC(=O)c1[nH]c2ccccc2c1OCCOC. The first-order valence-corrected chi connectivity index (χ1v) is 6.17. The van der Waals surface area contributed by atoms with Crippen LogP contribution in [0.2, 0.25) is 0 Å². The second-order valence-corrected chi connectivity index (χ2v) is 3.94. The highest BCUT2D eigenvalue weighted by Crippen LogP contribution is 2.30. The van der Waals surface area contributed by atoms with Gasteiger partial charge in [-0.25, -0.2) is 4.79 Å². The molecule has 0 bridgehead atoms. The largest absolute Gasteiger partial charge is 0.488 e. The highest BCUT2D eigenvalue weighted by molar-refractivity contribution is 6.00. The zero-order valence-electron chi connectivity index (χ0n) is 11.1. The normalized spacial score (nSPS) is 10.6. The number of aromatic nitrogens is 1. The Labute approximate surface area is 111 Å². The summed E-state index contributed by atoms with van der Waals surface area (Å²) in [6.45, 7) is 2.93. The number of benzene rings is 1. The van der Waals surface area contributed by atoms with Gasteiger partial charge in [-0.3, -0.25) is 0 Å². The first-order valence-electron chi connectivity index (χ1n) is 6.17. The van der Waals surface area contributed by atoms with Crippen molar-refractivity contribution in [1.29, 1.82) is 0 Å². The molecule has 1 heterocycles. The molecule has 2 aromatic rings. The number of hydrogen-bond donors (Lipinski definition) is 1.